The van der Waals surface area contributed by atoms with E-state index in [0.29, 0.717) is 15.6 Å². The largest absolute Gasteiger partial charge is 0.366 e. The first-order valence-electron chi connectivity index (χ1n) is 7.09. The van der Waals surface area contributed by atoms with Gasteiger partial charge in [0.15, 0.2) is 0 Å². The maximum Gasteiger partial charge on any atom is 0.248 e. The van der Waals surface area contributed by atoms with Gasteiger partial charge in [0.1, 0.15) is 0 Å². The lowest BCUT2D eigenvalue weighted by Gasteiger charge is -2.19. The minimum atomic E-state index is -0.408. The zero-order chi connectivity index (χ0) is 15.7. The van der Waals surface area contributed by atoms with Crippen molar-refractivity contribution in [2.24, 2.45) is 5.73 Å². The van der Waals surface area contributed by atoms with Crippen molar-refractivity contribution in [3.8, 4) is 0 Å². The SMILES string of the molecule is NC(=O)c1ccc(CNC2(c3ccc(Cl)c(Cl)c3)CC2)cc1. The Morgan fingerprint density at radius 3 is 2.32 bits per heavy atom. The van der Waals surface area contributed by atoms with Gasteiger partial charge in [-0.25, -0.2) is 0 Å². The first-order chi connectivity index (χ1) is 10.5. The molecule has 3 nitrogen and oxygen atoms in total. The molecule has 3 rings (SSSR count). The van der Waals surface area contributed by atoms with E-state index in [2.05, 4.69) is 5.32 Å². The van der Waals surface area contributed by atoms with Gasteiger partial charge in [-0.3, -0.25) is 4.79 Å². The van der Waals surface area contributed by atoms with Crippen LogP contribution in [0.2, 0.25) is 10.0 Å². The van der Waals surface area contributed by atoms with Crippen molar-refractivity contribution in [2.75, 3.05) is 0 Å². The average molecular weight is 335 g/mol. The number of halogens is 2. The topological polar surface area (TPSA) is 55.1 Å². The molecule has 0 atom stereocenters. The molecule has 1 saturated carbocycles. The summed E-state index contributed by atoms with van der Waals surface area (Å²) in [6.07, 6.45) is 2.15. The van der Waals surface area contributed by atoms with Crippen LogP contribution < -0.4 is 11.1 Å². The number of hydrogen-bond acceptors (Lipinski definition) is 2. The van der Waals surface area contributed by atoms with Gasteiger partial charge in [0.25, 0.3) is 0 Å². The van der Waals surface area contributed by atoms with Crippen molar-refractivity contribution in [1.29, 1.82) is 0 Å². The van der Waals surface area contributed by atoms with Crippen LogP contribution in [0, 0.1) is 0 Å². The monoisotopic (exact) mass is 334 g/mol. The molecule has 1 aliphatic rings. The van der Waals surface area contributed by atoms with Gasteiger partial charge >= 0.3 is 0 Å². The van der Waals surface area contributed by atoms with Crippen LogP contribution in [0.25, 0.3) is 0 Å². The fourth-order valence-corrected chi connectivity index (χ4v) is 2.84. The van der Waals surface area contributed by atoms with Crippen LogP contribution in [0.15, 0.2) is 42.5 Å². The minimum Gasteiger partial charge on any atom is -0.366 e. The van der Waals surface area contributed by atoms with Crippen LogP contribution >= 0.6 is 23.2 Å². The Kier molecular flexibility index (Phi) is 4.13. The number of carbonyl (C=O) groups excluding carboxylic acids is 1. The number of benzene rings is 2. The number of nitrogens with two attached hydrogens (primary N) is 1. The maximum atomic E-state index is 11.1. The molecule has 0 radical (unpaired) electrons. The molecule has 1 fully saturated rings. The summed E-state index contributed by atoms with van der Waals surface area (Å²) in [7, 11) is 0. The summed E-state index contributed by atoms with van der Waals surface area (Å²) in [5.41, 5.74) is 8.02. The molecule has 2 aromatic rings. The molecule has 0 heterocycles. The van der Waals surface area contributed by atoms with Gasteiger partial charge < -0.3 is 11.1 Å². The highest BCUT2D eigenvalue weighted by molar-refractivity contribution is 6.42. The number of hydrogen-bond donors (Lipinski definition) is 2. The van der Waals surface area contributed by atoms with Crippen molar-refractivity contribution in [3.05, 3.63) is 69.2 Å². The van der Waals surface area contributed by atoms with Gasteiger partial charge in [-0.15, -0.1) is 0 Å². The lowest BCUT2D eigenvalue weighted by Crippen LogP contribution is -2.28. The summed E-state index contributed by atoms with van der Waals surface area (Å²) < 4.78 is 0. The van der Waals surface area contributed by atoms with Crippen molar-refractivity contribution in [2.45, 2.75) is 24.9 Å². The second-order valence-electron chi connectivity index (χ2n) is 5.63. The summed E-state index contributed by atoms with van der Waals surface area (Å²) in [5, 5.41) is 4.73. The minimum absolute atomic E-state index is 0.0173. The lowest BCUT2D eigenvalue weighted by atomic mass is 10.0. The average Bonchev–Trinajstić information content (AvgIpc) is 3.29. The highest BCUT2D eigenvalue weighted by Crippen LogP contribution is 2.46. The van der Waals surface area contributed by atoms with E-state index in [1.54, 1.807) is 12.1 Å². The zero-order valence-electron chi connectivity index (χ0n) is 11.9. The van der Waals surface area contributed by atoms with Crippen LogP contribution in [-0.2, 0) is 12.1 Å². The van der Waals surface area contributed by atoms with Crippen LogP contribution in [-0.4, -0.2) is 5.91 Å². The molecule has 0 spiro atoms. The van der Waals surface area contributed by atoms with Crippen LogP contribution in [0.3, 0.4) is 0 Å². The normalized spacial score (nSPS) is 15.5. The van der Waals surface area contributed by atoms with Crippen LogP contribution in [0.5, 0.6) is 0 Å². The Balaban J connectivity index is 1.70. The molecule has 2 aromatic carbocycles. The summed E-state index contributed by atoms with van der Waals surface area (Å²) in [6, 6.07) is 13.1. The molecule has 1 aliphatic carbocycles. The Morgan fingerprint density at radius 1 is 1.09 bits per heavy atom. The summed E-state index contributed by atoms with van der Waals surface area (Å²) in [5.74, 6) is -0.408. The van der Waals surface area contributed by atoms with E-state index < -0.39 is 5.91 Å². The van der Waals surface area contributed by atoms with Gasteiger partial charge in [-0.1, -0.05) is 41.4 Å². The molecule has 3 N–H and O–H groups in total. The highest BCUT2D eigenvalue weighted by atomic mass is 35.5. The molecular weight excluding hydrogens is 319 g/mol. The highest BCUT2D eigenvalue weighted by Gasteiger charge is 2.43. The van der Waals surface area contributed by atoms with Gasteiger partial charge in [-0.2, -0.15) is 0 Å². The molecule has 0 unspecified atom stereocenters. The Bertz CT molecular complexity index is 709. The standard InChI is InChI=1S/C17H16Cl2N2O/c18-14-6-5-13(9-15(14)19)17(7-8-17)21-10-11-1-3-12(4-2-11)16(20)22/h1-6,9,21H,7-8,10H2,(H2,20,22). The number of primary amides is 1. The summed E-state index contributed by atoms with van der Waals surface area (Å²) in [4.78, 5) is 11.1. The molecule has 0 saturated heterocycles. The molecule has 22 heavy (non-hydrogen) atoms. The number of rotatable bonds is 5. The summed E-state index contributed by atoms with van der Waals surface area (Å²) >= 11 is 12.1. The molecular formula is C17H16Cl2N2O. The van der Waals surface area contributed by atoms with Crippen molar-refractivity contribution >= 4 is 29.1 Å². The predicted octanol–water partition coefficient (Wildman–Crippen LogP) is 3.87. The first-order valence-corrected chi connectivity index (χ1v) is 7.85. The second kappa shape index (κ2) is 5.92. The van der Waals surface area contributed by atoms with E-state index in [0.717, 1.165) is 30.5 Å². The molecule has 0 aromatic heterocycles. The lowest BCUT2D eigenvalue weighted by molar-refractivity contribution is 0.100. The van der Waals surface area contributed by atoms with E-state index in [1.807, 2.05) is 30.3 Å². The van der Waals surface area contributed by atoms with Crippen molar-refractivity contribution in [3.63, 3.8) is 0 Å². The predicted molar refractivity (Wildman–Crippen MR) is 89.2 cm³/mol. The van der Waals surface area contributed by atoms with E-state index in [4.69, 9.17) is 28.9 Å². The molecule has 114 valence electrons. The third-order valence-electron chi connectivity index (χ3n) is 4.09. The van der Waals surface area contributed by atoms with Gasteiger partial charge in [0, 0.05) is 17.6 Å². The third-order valence-corrected chi connectivity index (χ3v) is 4.83. The number of carbonyl (C=O) groups is 1. The Morgan fingerprint density at radius 2 is 1.77 bits per heavy atom. The number of nitrogens with one attached hydrogen (secondary N) is 1. The van der Waals surface area contributed by atoms with Gasteiger partial charge in [0.2, 0.25) is 5.91 Å². The third kappa shape index (κ3) is 3.12. The quantitative estimate of drug-likeness (QED) is 0.871. The Labute approximate surface area is 139 Å². The van der Waals surface area contributed by atoms with E-state index in [1.165, 1.54) is 0 Å². The fourth-order valence-electron chi connectivity index (χ4n) is 2.54. The molecule has 0 aliphatic heterocycles. The van der Waals surface area contributed by atoms with E-state index in [-0.39, 0.29) is 5.54 Å². The molecule has 0 bridgehead atoms. The zero-order valence-corrected chi connectivity index (χ0v) is 13.4. The maximum absolute atomic E-state index is 11.1. The second-order valence-corrected chi connectivity index (χ2v) is 6.44. The van der Waals surface area contributed by atoms with Crippen LogP contribution in [0.4, 0.5) is 0 Å². The first kappa shape index (κ1) is 15.3. The smallest absolute Gasteiger partial charge is 0.248 e. The fraction of sp³-hybridized carbons (Fsp3) is 0.235. The molecule has 1 amide bonds. The van der Waals surface area contributed by atoms with E-state index in [9.17, 15) is 4.79 Å². The van der Waals surface area contributed by atoms with Gasteiger partial charge in [-0.05, 0) is 48.2 Å². The molecule has 5 heteroatoms. The Hall–Kier alpha value is -1.55. The van der Waals surface area contributed by atoms with Crippen LogP contribution in [0.1, 0.15) is 34.3 Å². The van der Waals surface area contributed by atoms with E-state index >= 15 is 0 Å². The summed E-state index contributed by atoms with van der Waals surface area (Å²) in [6.45, 7) is 0.722. The van der Waals surface area contributed by atoms with Crippen molar-refractivity contribution in [1.82, 2.24) is 5.32 Å². The van der Waals surface area contributed by atoms with Gasteiger partial charge in [0.05, 0.1) is 10.0 Å². The van der Waals surface area contributed by atoms with Crippen molar-refractivity contribution < 1.29 is 4.79 Å². The number of amides is 1.